The summed E-state index contributed by atoms with van der Waals surface area (Å²) in [7, 11) is 0. The van der Waals surface area contributed by atoms with Crippen LogP contribution in [0.15, 0.2) is 6.07 Å². The van der Waals surface area contributed by atoms with Gasteiger partial charge >= 0.3 is 0 Å². The lowest BCUT2D eigenvalue weighted by molar-refractivity contribution is -0.122. The molecule has 0 spiro atoms. The van der Waals surface area contributed by atoms with Crippen molar-refractivity contribution >= 4 is 11.7 Å². The summed E-state index contributed by atoms with van der Waals surface area (Å²) in [6.45, 7) is 3.65. The predicted molar refractivity (Wildman–Crippen MR) is 69.4 cm³/mol. The van der Waals surface area contributed by atoms with E-state index in [2.05, 4.69) is 16.5 Å². The lowest BCUT2D eigenvalue weighted by Crippen LogP contribution is -2.29. The third kappa shape index (κ3) is 3.55. The molecule has 0 saturated carbocycles. The Labute approximate surface area is 112 Å². The van der Waals surface area contributed by atoms with Crippen molar-refractivity contribution in [3.8, 4) is 6.07 Å². The number of carbonyl (C=O) groups excluding carboxylic acids is 1. The van der Waals surface area contributed by atoms with Gasteiger partial charge in [0.2, 0.25) is 5.91 Å². The first-order valence-corrected chi connectivity index (χ1v) is 6.50. The molecule has 1 aromatic heterocycles. The van der Waals surface area contributed by atoms with Crippen LogP contribution in [0.4, 0.5) is 5.82 Å². The lowest BCUT2D eigenvalue weighted by Gasteiger charge is -2.21. The molecule has 1 saturated heterocycles. The van der Waals surface area contributed by atoms with E-state index in [1.807, 2.05) is 13.0 Å². The summed E-state index contributed by atoms with van der Waals surface area (Å²) in [4.78, 5) is 12.1. The summed E-state index contributed by atoms with van der Waals surface area (Å²) in [5.41, 5.74) is 0.834. The lowest BCUT2D eigenvalue weighted by atomic mass is 9.99. The van der Waals surface area contributed by atoms with Gasteiger partial charge in [0.05, 0.1) is 24.7 Å². The molecule has 1 aliphatic heterocycles. The number of nitrogens with zero attached hydrogens (tertiary/aromatic N) is 3. The van der Waals surface area contributed by atoms with Gasteiger partial charge in [0.25, 0.3) is 0 Å². The number of rotatable bonds is 4. The fourth-order valence-electron chi connectivity index (χ4n) is 2.16. The Balaban J connectivity index is 2.01. The number of carbonyl (C=O) groups is 1. The fourth-order valence-corrected chi connectivity index (χ4v) is 2.16. The first kappa shape index (κ1) is 13.6. The highest BCUT2D eigenvalue weighted by Gasteiger charge is 2.22. The van der Waals surface area contributed by atoms with Crippen LogP contribution < -0.4 is 5.32 Å². The average molecular weight is 262 g/mol. The molecule has 2 heterocycles. The number of aromatic nitrogens is 2. The van der Waals surface area contributed by atoms with Crippen molar-refractivity contribution in [1.82, 2.24) is 9.78 Å². The fraction of sp³-hybridized carbons (Fsp3) is 0.615. The molecule has 1 aromatic rings. The van der Waals surface area contributed by atoms with Crippen LogP contribution in [0.25, 0.3) is 0 Å². The van der Waals surface area contributed by atoms with E-state index in [1.54, 1.807) is 4.68 Å². The van der Waals surface area contributed by atoms with Gasteiger partial charge in [-0.05, 0) is 19.8 Å². The Bertz CT molecular complexity index is 483. The Morgan fingerprint density at radius 2 is 2.37 bits per heavy atom. The quantitative estimate of drug-likeness (QED) is 0.891. The minimum Gasteiger partial charge on any atom is -0.381 e. The Kier molecular flexibility index (Phi) is 4.53. The second-order valence-corrected chi connectivity index (χ2v) is 4.68. The normalized spacial score (nSPS) is 16.0. The highest BCUT2D eigenvalue weighted by atomic mass is 16.5. The van der Waals surface area contributed by atoms with Crippen molar-refractivity contribution in [1.29, 1.82) is 5.26 Å². The van der Waals surface area contributed by atoms with Crippen molar-refractivity contribution in [2.75, 3.05) is 18.5 Å². The van der Waals surface area contributed by atoms with E-state index in [1.165, 1.54) is 0 Å². The Hall–Kier alpha value is -1.87. The van der Waals surface area contributed by atoms with E-state index in [-0.39, 0.29) is 11.8 Å². The summed E-state index contributed by atoms with van der Waals surface area (Å²) >= 11 is 0. The molecule has 6 nitrogen and oxygen atoms in total. The molecule has 0 radical (unpaired) electrons. The SMILES string of the molecule is Cc1cc(NC(=O)C2CCOCC2)n(CCC#N)n1. The molecule has 102 valence electrons. The highest BCUT2D eigenvalue weighted by Crippen LogP contribution is 2.18. The number of nitrogens with one attached hydrogen (secondary N) is 1. The van der Waals surface area contributed by atoms with E-state index in [4.69, 9.17) is 10.00 Å². The first-order valence-electron chi connectivity index (χ1n) is 6.50. The van der Waals surface area contributed by atoms with Crippen LogP contribution in [0.2, 0.25) is 0 Å². The number of ether oxygens (including phenoxy) is 1. The van der Waals surface area contributed by atoms with Gasteiger partial charge in [0, 0.05) is 25.2 Å². The van der Waals surface area contributed by atoms with Gasteiger partial charge in [-0.15, -0.1) is 0 Å². The summed E-state index contributed by atoms with van der Waals surface area (Å²) in [6, 6.07) is 3.91. The molecule has 0 unspecified atom stereocenters. The third-order valence-electron chi connectivity index (χ3n) is 3.18. The standard InChI is InChI=1S/C13H18N4O2/c1-10-9-12(17(16-10)6-2-5-14)15-13(18)11-3-7-19-8-4-11/h9,11H,2-4,6-8H2,1H3,(H,15,18). The average Bonchev–Trinajstić information content (AvgIpc) is 2.77. The van der Waals surface area contributed by atoms with Gasteiger partial charge in [-0.2, -0.15) is 10.4 Å². The summed E-state index contributed by atoms with van der Waals surface area (Å²) in [6.07, 6.45) is 1.90. The van der Waals surface area contributed by atoms with Crippen molar-refractivity contribution in [3.05, 3.63) is 11.8 Å². The van der Waals surface area contributed by atoms with Gasteiger partial charge in [-0.1, -0.05) is 0 Å². The molecule has 1 aliphatic rings. The van der Waals surface area contributed by atoms with E-state index in [0.717, 1.165) is 18.5 Å². The van der Waals surface area contributed by atoms with Crippen LogP contribution in [0, 0.1) is 24.2 Å². The minimum atomic E-state index is 0.00775. The maximum Gasteiger partial charge on any atom is 0.228 e. The number of anilines is 1. The van der Waals surface area contributed by atoms with E-state index < -0.39 is 0 Å². The molecule has 19 heavy (non-hydrogen) atoms. The van der Waals surface area contributed by atoms with Crippen LogP contribution in [0.3, 0.4) is 0 Å². The molecule has 1 fully saturated rings. The zero-order chi connectivity index (χ0) is 13.7. The predicted octanol–water partition coefficient (Wildman–Crippen LogP) is 1.47. The van der Waals surface area contributed by atoms with E-state index in [0.29, 0.717) is 32.0 Å². The molecule has 0 bridgehead atoms. The maximum absolute atomic E-state index is 12.1. The monoisotopic (exact) mass is 262 g/mol. The van der Waals surface area contributed by atoms with Gasteiger partial charge in [-0.3, -0.25) is 4.79 Å². The summed E-state index contributed by atoms with van der Waals surface area (Å²) in [5, 5.41) is 15.8. The molecule has 0 atom stereocenters. The zero-order valence-electron chi connectivity index (χ0n) is 11.1. The van der Waals surface area contributed by atoms with Crippen LogP contribution in [-0.2, 0) is 16.1 Å². The van der Waals surface area contributed by atoms with Crippen molar-refractivity contribution in [3.63, 3.8) is 0 Å². The van der Waals surface area contributed by atoms with Crippen molar-refractivity contribution < 1.29 is 9.53 Å². The van der Waals surface area contributed by atoms with Gasteiger partial charge in [0.15, 0.2) is 0 Å². The van der Waals surface area contributed by atoms with Crippen LogP contribution in [0.1, 0.15) is 25.0 Å². The highest BCUT2D eigenvalue weighted by molar-refractivity contribution is 5.91. The summed E-state index contributed by atoms with van der Waals surface area (Å²) < 4.78 is 6.92. The molecular formula is C13H18N4O2. The molecule has 1 amide bonds. The smallest absolute Gasteiger partial charge is 0.228 e. The number of hydrogen-bond donors (Lipinski definition) is 1. The maximum atomic E-state index is 12.1. The third-order valence-corrected chi connectivity index (χ3v) is 3.18. The number of amides is 1. The molecular weight excluding hydrogens is 244 g/mol. The van der Waals surface area contributed by atoms with Crippen LogP contribution in [-0.4, -0.2) is 28.9 Å². The van der Waals surface area contributed by atoms with Crippen molar-refractivity contribution in [2.45, 2.75) is 32.7 Å². The first-order chi connectivity index (χ1) is 9.20. The van der Waals surface area contributed by atoms with Crippen molar-refractivity contribution in [2.24, 2.45) is 5.92 Å². The van der Waals surface area contributed by atoms with Gasteiger partial charge < -0.3 is 10.1 Å². The number of aryl methyl sites for hydroxylation is 2. The number of hydrogen-bond acceptors (Lipinski definition) is 4. The largest absolute Gasteiger partial charge is 0.381 e. The second kappa shape index (κ2) is 6.34. The molecule has 1 N–H and O–H groups in total. The molecule has 2 rings (SSSR count). The molecule has 0 aliphatic carbocycles. The summed E-state index contributed by atoms with van der Waals surface area (Å²) in [5.74, 6) is 0.694. The van der Waals surface area contributed by atoms with Crippen LogP contribution in [0.5, 0.6) is 0 Å². The molecule has 6 heteroatoms. The van der Waals surface area contributed by atoms with Gasteiger partial charge in [-0.25, -0.2) is 4.68 Å². The topological polar surface area (TPSA) is 79.9 Å². The minimum absolute atomic E-state index is 0.00775. The van der Waals surface area contributed by atoms with Crippen LogP contribution >= 0.6 is 0 Å². The zero-order valence-corrected chi connectivity index (χ0v) is 11.1. The van der Waals surface area contributed by atoms with Gasteiger partial charge in [0.1, 0.15) is 5.82 Å². The van der Waals surface area contributed by atoms with E-state index >= 15 is 0 Å². The van der Waals surface area contributed by atoms with E-state index in [9.17, 15) is 4.79 Å². The Morgan fingerprint density at radius 1 is 1.63 bits per heavy atom. The second-order valence-electron chi connectivity index (χ2n) is 4.68. The molecule has 0 aromatic carbocycles. The Morgan fingerprint density at radius 3 is 3.05 bits per heavy atom. The number of nitriles is 1.